The van der Waals surface area contributed by atoms with Gasteiger partial charge in [0.05, 0.1) is 12.2 Å². The van der Waals surface area contributed by atoms with Crippen molar-refractivity contribution in [2.45, 2.75) is 52.5 Å². The first-order valence-electron chi connectivity index (χ1n) is 8.17. The number of nitrogens with zero attached hydrogens (tertiary/aromatic N) is 2. The fourth-order valence-corrected chi connectivity index (χ4v) is 3.81. The summed E-state index contributed by atoms with van der Waals surface area (Å²) in [6, 6.07) is 0.355. The van der Waals surface area contributed by atoms with Gasteiger partial charge in [0.1, 0.15) is 5.82 Å². The Hall–Kier alpha value is -1.58. The Morgan fingerprint density at radius 1 is 1.38 bits per heavy atom. The van der Waals surface area contributed by atoms with E-state index in [1.165, 1.54) is 0 Å². The molecule has 21 heavy (non-hydrogen) atoms. The number of fused-ring (bicyclic) bond motifs is 2. The number of carbonyl (C=O) groups excluding carboxylic acids is 1. The van der Waals surface area contributed by atoms with Crippen LogP contribution in [0.1, 0.15) is 51.1 Å². The molecule has 2 aliphatic rings. The van der Waals surface area contributed by atoms with Crippen LogP contribution < -0.4 is 5.32 Å². The molecule has 1 saturated carbocycles. The predicted octanol–water partition coefficient (Wildman–Crippen LogP) is 3.70. The van der Waals surface area contributed by atoms with Crippen LogP contribution in [0.2, 0.25) is 0 Å². The van der Waals surface area contributed by atoms with E-state index >= 15 is 0 Å². The molecule has 0 radical (unpaired) electrons. The number of carbonyl (C=O) groups is 1. The molecule has 2 bridgehead atoms. The van der Waals surface area contributed by atoms with Gasteiger partial charge in [0.25, 0.3) is 0 Å². The van der Waals surface area contributed by atoms with Crippen LogP contribution in [-0.4, -0.2) is 15.7 Å². The number of hydrogen-bond donors (Lipinski definition) is 1. The molecule has 0 spiro atoms. The minimum Gasteiger partial charge on any atom is -0.310 e. The molecule has 4 heteroatoms. The average molecular weight is 287 g/mol. The lowest BCUT2D eigenvalue weighted by atomic mass is 9.93. The molecular weight excluding hydrogens is 262 g/mol. The second kappa shape index (κ2) is 5.66. The third-order valence-electron chi connectivity index (χ3n) is 5.12. The van der Waals surface area contributed by atoms with E-state index in [4.69, 9.17) is 0 Å². The van der Waals surface area contributed by atoms with E-state index in [2.05, 4.69) is 36.4 Å². The molecule has 0 aromatic carbocycles. The molecule has 1 amide bonds. The number of aryl methyl sites for hydroxylation is 1. The van der Waals surface area contributed by atoms with Gasteiger partial charge in [-0.15, -0.1) is 0 Å². The third-order valence-corrected chi connectivity index (χ3v) is 5.12. The Kier molecular flexibility index (Phi) is 3.87. The largest absolute Gasteiger partial charge is 0.310 e. The van der Waals surface area contributed by atoms with Gasteiger partial charge in [-0.3, -0.25) is 4.79 Å². The van der Waals surface area contributed by atoms with Crippen molar-refractivity contribution >= 4 is 11.7 Å². The minimum atomic E-state index is 0.143. The summed E-state index contributed by atoms with van der Waals surface area (Å²) in [4.78, 5) is 12.6. The van der Waals surface area contributed by atoms with Crippen molar-refractivity contribution in [3.63, 3.8) is 0 Å². The predicted molar refractivity (Wildman–Crippen MR) is 84.1 cm³/mol. The zero-order chi connectivity index (χ0) is 15.0. The van der Waals surface area contributed by atoms with Crippen LogP contribution in [-0.2, 0) is 4.79 Å². The van der Waals surface area contributed by atoms with Crippen LogP contribution in [0.4, 0.5) is 5.82 Å². The monoisotopic (exact) mass is 287 g/mol. The molecule has 2 aliphatic carbocycles. The summed E-state index contributed by atoms with van der Waals surface area (Å²) >= 11 is 0. The Morgan fingerprint density at radius 3 is 2.71 bits per heavy atom. The summed E-state index contributed by atoms with van der Waals surface area (Å²) in [5.74, 6) is 2.27. The van der Waals surface area contributed by atoms with Crippen LogP contribution in [0.15, 0.2) is 18.3 Å². The van der Waals surface area contributed by atoms with Crippen LogP contribution in [0.5, 0.6) is 0 Å². The zero-order valence-electron chi connectivity index (χ0n) is 13.2. The lowest BCUT2D eigenvalue weighted by molar-refractivity contribution is -0.120. The topological polar surface area (TPSA) is 46.9 Å². The maximum absolute atomic E-state index is 12.6. The van der Waals surface area contributed by atoms with Crippen molar-refractivity contribution in [1.82, 2.24) is 9.78 Å². The first-order chi connectivity index (χ1) is 10.1. The van der Waals surface area contributed by atoms with Gasteiger partial charge < -0.3 is 5.32 Å². The fraction of sp³-hybridized carbons (Fsp3) is 0.647. The molecule has 1 aromatic rings. The van der Waals surface area contributed by atoms with Crippen molar-refractivity contribution in [3.8, 4) is 0 Å². The molecule has 1 N–H and O–H groups in total. The van der Waals surface area contributed by atoms with Crippen molar-refractivity contribution in [3.05, 3.63) is 23.9 Å². The molecule has 1 heterocycles. The molecule has 1 fully saturated rings. The molecule has 1 aromatic heterocycles. The highest BCUT2D eigenvalue weighted by molar-refractivity contribution is 5.93. The molecule has 0 unspecified atom stereocenters. The Balaban J connectivity index is 1.77. The Morgan fingerprint density at radius 2 is 2.14 bits per heavy atom. The minimum absolute atomic E-state index is 0.143. The van der Waals surface area contributed by atoms with Gasteiger partial charge in [0, 0.05) is 11.5 Å². The summed E-state index contributed by atoms with van der Waals surface area (Å²) in [6.45, 7) is 6.34. The maximum atomic E-state index is 12.6. The van der Waals surface area contributed by atoms with Gasteiger partial charge in [-0.25, -0.2) is 4.68 Å². The second-order valence-corrected chi connectivity index (χ2v) is 6.47. The maximum Gasteiger partial charge on any atom is 0.229 e. The number of anilines is 1. The SMILES string of the molecule is CCC(CC)n1ncc(C)c1NC(=O)[C@@H]1C[C@@H]2C=C[C@H]1C2. The van der Waals surface area contributed by atoms with E-state index in [1.807, 2.05) is 17.8 Å². The van der Waals surface area contributed by atoms with Gasteiger partial charge in [-0.1, -0.05) is 26.0 Å². The van der Waals surface area contributed by atoms with Gasteiger partial charge in [-0.05, 0) is 44.4 Å². The Labute approximate surface area is 126 Å². The van der Waals surface area contributed by atoms with Crippen LogP contribution >= 0.6 is 0 Å². The summed E-state index contributed by atoms with van der Waals surface area (Å²) in [5.41, 5.74) is 1.05. The van der Waals surface area contributed by atoms with Crippen molar-refractivity contribution < 1.29 is 4.79 Å². The summed E-state index contributed by atoms with van der Waals surface area (Å²) in [7, 11) is 0. The Bertz CT molecular complexity index is 556. The first kappa shape index (κ1) is 14.4. The molecule has 0 saturated heterocycles. The molecule has 0 aliphatic heterocycles. The third kappa shape index (κ3) is 2.52. The normalized spacial score (nSPS) is 26.8. The highest BCUT2D eigenvalue weighted by atomic mass is 16.2. The number of rotatable bonds is 5. The van der Waals surface area contributed by atoms with E-state index in [1.54, 1.807) is 0 Å². The smallest absolute Gasteiger partial charge is 0.229 e. The standard InChI is InChI=1S/C17H25N3O/c1-4-14(5-2)20-16(11(3)10-18-20)19-17(21)15-9-12-6-7-13(15)8-12/h6-7,10,12-15H,4-5,8-9H2,1-3H3,(H,19,21)/t12-,13+,15-/m1/s1. The lowest BCUT2D eigenvalue weighted by Gasteiger charge is -2.21. The summed E-state index contributed by atoms with van der Waals surface area (Å²) in [6.07, 6.45) is 10.6. The number of allylic oxidation sites excluding steroid dienone is 2. The fourth-order valence-electron chi connectivity index (χ4n) is 3.81. The summed E-state index contributed by atoms with van der Waals surface area (Å²) in [5, 5.41) is 7.64. The van der Waals surface area contributed by atoms with Crippen molar-refractivity contribution in [2.75, 3.05) is 5.32 Å². The van der Waals surface area contributed by atoms with Gasteiger partial charge >= 0.3 is 0 Å². The summed E-state index contributed by atoms with van der Waals surface area (Å²) < 4.78 is 2.00. The second-order valence-electron chi connectivity index (χ2n) is 6.47. The quantitative estimate of drug-likeness (QED) is 0.839. The van der Waals surface area contributed by atoms with Gasteiger partial charge in [-0.2, -0.15) is 5.10 Å². The molecule has 3 atom stereocenters. The molecular formula is C17H25N3O. The number of aromatic nitrogens is 2. The first-order valence-corrected chi connectivity index (χ1v) is 8.17. The highest BCUT2D eigenvalue weighted by Crippen LogP contribution is 2.43. The molecule has 114 valence electrons. The molecule has 4 nitrogen and oxygen atoms in total. The zero-order valence-corrected chi connectivity index (χ0v) is 13.2. The van der Waals surface area contributed by atoms with Crippen LogP contribution in [0.3, 0.4) is 0 Å². The van der Waals surface area contributed by atoms with Gasteiger partial charge in [0.15, 0.2) is 0 Å². The van der Waals surface area contributed by atoms with Crippen molar-refractivity contribution in [2.24, 2.45) is 17.8 Å². The van der Waals surface area contributed by atoms with Crippen LogP contribution in [0.25, 0.3) is 0 Å². The van der Waals surface area contributed by atoms with E-state index in [0.717, 1.165) is 37.1 Å². The number of nitrogens with one attached hydrogen (secondary N) is 1. The van der Waals surface area contributed by atoms with E-state index in [9.17, 15) is 4.79 Å². The van der Waals surface area contributed by atoms with Gasteiger partial charge in [0.2, 0.25) is 5.91 Å². The lowest BCUT2D eigenvalue weighted by Crippen LogP contribution is -2.28. The number of hydrogen-bond acceptors (Lipinski definition) is 2. The van der Waals surface area contributed by atoms with E-state index < -0.39 is 0 Å². The molecule has 3 rings (SSSR count). The highest BCUT2D eigenvalue weighted by Gasteiger charge is 2.40. The number of amides is 1. The van der Waals surface area contributed by atoms with Crippen molar-refractivity contribution in [1.29, 1.82) is 0 Å². The van der Waals surface area contributed by atoms with E-state index in [-0.39, 0.29) is 11.8 Å². The van der Waals surface area contributed by atoms with E-state index in [0.29, 0.717) is 17.9 Å². The van der Waals surface area contributed by atoms with Crippen LogP contribution in [0, 0.1) is 24.7 Å². The average Bonchev–Trinajstić information content (AvgIpc) is 3.19.